The van der Waals surface area contributed by atoms with Gasteiger partial charge in [-0.3, -0.25) is 14.8 Å². The van der Waals surface area contributed by atoms with Gasteiger partial charge in [0.1, 0.15) is 5.69 Å². The number of fused-ring (bicyclic) bond motifs is 1. The zero-order chi connectivity index (χ0) is 14.1. The molecule has 0 N–H and O–H groups in total. The molecular formula is C17H14N2O. The number of ketones is 1. The van der Waals surface area contributed by atoms with E-state index in [9.17, 15) is 4.79 Å². The Morgan fingerprint density at radius 3 is 2.70 bits per heavy atom. The van der Waals surface area contributed by atoms with Crippen molar-refractivity contribution in [3.05, 3.63) is 71.2 Å². The minimum absolute atomic E-state index is 0.0601. The molecule has 0 bridgehead atoms. The van der Waals surface area contributed by atoms with Crippen LogP contribution in [0.3, 0.4) is 0 Å². The molecule has 0 unspecified atom stereocenters. The lowest BCUT2D eigenvalue weighted by molar-refractivity contribution is 0.103. The van der Waals surface area contributed by atoms with Crippen LogP contribution >= 0.6 is 0 Å². The van der Waals surface area contributed by atoms with Crippen molar-refractivity contribution in [3.8, 4) is 0 Å². The second kappa shape index (κ2) is 4.85. The van der Waals surface area contributed by atoms with Crippen LogP contribution in [0.4, 0.5) is 0 Å². The predicted molar refractivity (Wildman–Crippen MR) is 78.9 cm³/mol. The molecule has 2 heterocycles. The Morgan fingerprint density at radius 2 is 1.90 bits per heavy atom. The number of rotatable bonds is 2. The summed E-state index contributed by atoms with van der Waals surface area (Å²) in [6.45, 7) is 3.88. The standard InChI is InChI=1S/C17H14N2O/c1-11-8-12(2)16(19-10-11)17(20)14-6-5-13-4-3-7-18-15(13)9-14/h3-10H,1-2H3. The van der Waals surface area contributed by atoms with Gasteiger partial charge < -0.3 is 0 Å². The van der Waals surface area contributed by atoms with Crippen molar-refractivity contribution in [1.29, 1.82) is 0 Å². The zero-order valence-electron chi connectivity index (χ0n) is 11.4. The van der Waals surface area contributed by atoms with E-state index in [0.29, 0.717) is 11.3 Å². The van der Waals surface area contributed by atoms with Crippen LogP contribution < -0.4 is 0 Å². The molecular weight excluding hydrogens is 248 g/mol. The molecule has 0 saturated carbocycles. The predicted octanol–water partition coefficient (Wildman–Crippen LogP) is 3.48. The third kappa shape index (κ3) is 2.18. The van der Waals surface area contributed by atoms with E-state index in [1.807, 2.05) is 50.2 Å². The second-order valence-electron chi connectivity index (χ2n) is 4.92. The van der Waals surface area contributed by atoms with Gasteiger partial charge in [0.05, 0.1) is 5.52 Å². The highest BCUT2D eigenvalue weighted by Crippen LogP contribution is 2.17. The van der Waals surface area contributed by atoms with Gasteiger partial charge in [0.25, 0.3) is 0 Å². The summed E-state index contributed by atoms with van der Waals surface area (Å²) in [6, 6.07) is 11.4. The van der Waals surface area contributed by atoms with Crippen molar-refractivity contribution in [2.45, 2.75) is 13.8 Å². The Labute approximate surface area is 117 Å². The summed E-state index contributed by atoms with van der Waals surface area (Å²) >= 11 is 0. The number of aromatic nitrogens is 2. The first kappa shape index (κ1) is 12.5. The summed E-state index contributed by atoms with van der Waals surface area (Å²) in [4.78, 5) is 21.1. The molecule has 0 atom stereocenters. The van der Waals surface area contributed by atoms with Gasteiger partial charge in [-0.15, -0.1) is 0 Å². The maximum Gasteiger partial charge on any atom is 0.211 e. The summed E-state index contributed by atoms with van der Waals surface area (Å²) in [5.74, 6) is -0.0601. The van der Waals surface area contributed by atoms with Gasteiger partial charge in [0.15, 0.2) is 0 Å². The van der Waals surface area contributed by atoms with Gasteiger partial charge in [-0.05, 0) is 37.1 Å². The maximum absolute atomic E-state index is 12.5. The summed E-state index contributed by atoms with van der Waals surface area (Å²) in [5, 5.41) is 1.03. The molecule has 0 aliphatic carbocycles. The summed E-state index contributed by atoms with van der Waals surface area (Å²) in [6.07, 6.45) is 3.45. The van der Waals surface area contributed by atoms with Crippen molar-refractivity contribution in [2.24, 2.45) is 0 Å². The summed E-state index contributed by atoms with van der Waals surface area (Å²) in [7, 11) is 0. The zero-order valence-corrected chi connectivity index (χ0v) is 11.4. The molecule has 3 rings (SSSR count). The Kier molecular flexibility index (Phi) is 3.03. The number of benzene rings is 1. The van der Waals surface area contributed by atoms with E-state index < -0.39 is 0 Å². The van der Waals surface area contributed by atoms with E-state index in [0.717, 1.165) is 22.0 Å². The van der Waals surface area contributed by atoms with E-state index in [4.69, 9.17) is 0 Å². The number of pyridine rings is 2. The average molecular weight is 262 g/mol. The number of nitrogens with zero attached hydrogens (tertiary/aromatic N) is 2. The molecule has 0 saturated heterocycles. The Hall–Kier alpha value is -2.55. The van der Waals surface area contributed by atoms with E-state index in [2.05, 4.69) is 9.97 Å². The minimum atomic E-state index is -0.0601. The van der Waals surface area contributed by atoms with Crippen LogP contribution in [0, 0.1) is 13.8 Å². The minimum Gasteiger partial charge on any atom is -0.287 e. The topological polar surface area (TPSA) is 42.9 Å². The van der Waals surface area contributed by atoms with Gasteiger partial charge in [-0.2, -0.15) is 0 Å². The van der Waals surface area contributed by atoms with Gasteiger partial charge >= 0.3 is 0 Å². The third-order valence-corrected chi connectivity index (χ3v) is 3.30. The molecule has 0 amide bonds. The van der Waals surface area contributed by atoms with Crippen molar-refractivity contribution in [3.63, 3.8) is 0 Å². The van der Waals surface area contributed by atoms with E-state index in [1.165, 1.54) is 0 Å². The van der Waals surface area contributed by atoms with Crippen LogP contribution in [-0.4, -0.2) is 15.8 Å². The monoisotopic (exact) mass is 262 g/mol. The molecule has 2 aromatic heterocycles. The number of hydrogen-bond donors (Lipinski definition) is 0. The van der Waals surface area contributed by atoms with Gasteiger partial charge in [0.2, 0.25) is 5.78 Å². The molecule has 0 fully saturated rings. The van der Waals surface area contributed by atoms with Crippen LogP contribution in [0.5, 0.6) is 0 Å². The van der Waals surface area contributed by atoms with Gasteiger partial charge in [0, 0.05) is 23.3 Å². The van der Waals surface area contributed by atoms with Crippen LogP contribution in [0.1, 0.15) is 27.2 Å². The second-order valence-corrected chi connectivity index (χ2v) is 4.92. The lowest BCUT2D eigenvalue weighted by Crippen LogP contribution is -2.07. The van der Waals surface area contributed by atoms with Crippen molar-refractivity contribution >= 4 is 16.7 Å². The highest BCUT2D eigenvalue weighted by atomic mass is 16.1. The Balaban J connectivity index is 2.08. The highest BCUT2D eigenvalue weighted by Gasteiger charge is 2.14. The molecule has 98 valence electrons. The summed E-state index contributed by atoms with van der Waals surface area (Å²) < 4.78 is 0. The van der Waals surface area contributed by atoms with Gasteiger partial charge in [-0.1, -0.05) is 24.3 Å². The first-order chi connectivity index (χ1) is 9.65. The lowest BCUT2D eigenvalue weighted by atomic mass is 10.0. The average Bonchev–Trinajstić information content (AvgIpc) is 2.46. The van der Waals surface area contributed by atoms with Crippen LogP contribution in [-0.2, 0) is 0 Å². The Morgan fingerprint density at radius 1 is 1.05 bits per heavy atom. The molecule has 20 heavy (non-hydrogen) atoms. The Bertz CT molecular complexity index is 809. The maximum atomic E-state index is 12.5. The quantitative estimate of drug-likeness (QED) is 0.664. The van der Waals surface area contributed by atoms with Crippen molar-refractivity contribution in [1.82, 2.24) is 9.97 Å². The van der Waals surface area contributed by atoms with Crippen LogP contribution in [0.25, 0.3) is 10.9 Å². The first-order valence-corrected chi connectivity index (χ1v) is 6.48. The van der Waals surface area contributed by atoms with E-state index in [-0.39, 0.29) is 5.78 Å². The fourth-order valence-electron chi connectivity index (χ4n) is 2.30. The SMILES string of the molecule is Cc1cnc(C(=O)c2ccc3cccnc3c2)c(C)c1. The molecule has 0 aliphatic rings. The van der Waals surface area contributed by atoms with Gasteiger partial charge in [-0.25, -0.2) is 0 Å². The number of hydrogen-bond acceptors (Lipinski definition) is 3. The van der Waals surface area contributed by atoms with Crippen LogP contribution in [0.15, 0.2) is 48.8 Å². The third-order valence-electron chi connectivity index (χ3n) is 3.30. The van der Waals surface area contributed by atoms with E-state index in [1.54, 1.807) is 12.4 Å². The largest absolute Gasteiger partial charge is 0.287 e. The number of aryl methyl sites for hydroxylation is 2. The fraction of sp³-hybridized carbons (Fsp3) is 0.118. The first-order valence-electron chi connectivity index (χ1n) is 6.48. The summed E-state index contributed by atoms with van der Waals surface area (Å²) in [5.41, 5.74) is 3.90. The smallest absolute Gasteiger partial charge is 0.211 e. The molecule has 3 heteroatoms. The number of carbonyl (C=O) groups is 1. The lowest BCUT2D eigenvalue weighted by Gasteiger charge is -2.06. The highest BCUT2D eigenvalue weighted by molar-refractivity contribution is 6.10. The van der Waals surface area contributed by atoms with E-state index >= 15 is 0 Å². The van der Waals surface area contributed by atoms with Crippen molar-refractivity contribution < 1.29 is 4.79 Å². The molecule has 0 radical (unpaired) electrons. The molecule has 3 nitrogen and oxygen atoms in total. The normalized spacial score (nSPS) is 10.7. The van der Waals surface area contributed by atoms with Crippen LogP contribution in [0.2, 0.25) is 0 Å². The molecule has 1 aromatic carbocycles. The molecule has 0 aliphatic heterocycles. The van der Waals surface area contributed by atoms with Crippen molar-refractivity contribution in [2.75, 3.05) is 0 Å². The fourth-order valence-corrected chi connectivity index (χ4v) is 2.30. The number of carbonyl (C=O) groups excluding carboxylic acids is 1. The molecule has 3 aromatic rings. The molecule has 0 spiro atoms.